The monoisotopic (exact) mass is 523 g/mol. The number of benzene rings is 2. The van der Waals surface area contributed by atoms with Crippen LogP contribution in [0.4, 0.5) is 5.69 Å². The largest absolute Gasteiger partial charge is 0.502 e. The van der Waals surface area contributed by atoms with Gasteiger partial charge in [-0.2, -0.15) is 0 Å². The number of halogens is 1. The molecule has 11 nitrogen and oxygen atoms in total. The molecular weight excluding hydrogens is 510 g/mol. The van der Waals surface area contributed by atoms with Crippen molar-refractivity contribution in [3.05, 3.63) is 55.4 Å². The Morgan fingerprint density at radius 2 is 1.84 bits per heavy atom. The molecule has 3 rings (SSSR count). The predicted octanol–water partition coefficient (Wildman–Crippen LogP) is 4.35. The molecule has 0 spiro atoms. The number of hydrogen-bond donors (Lipinski definition) is 2. The first-order valence-electron chi connectivity index (χ1n) is 8.58. The number of methoxy groups -OCH3 is 2. The topological polar surface area (TPSA) is 158 Å². The van der Waals surface area contributed by atoms with Crippen LogP contribution < -0.4 is 9.47 Å². The minimum absolute atomic E-state index is 0.0757. The van der Waals surface area contributed by atoms with E-state index >= 15 is 0 Å². The van der Waals surface area contributed by atoms with Crippen molar-refractivity contribution in [2.45, 2.75) is 5.22 Å². The fraction of sp³-hybridized carbons (Fsp3) is 0.105. The average Bonchev–Trinajstić information content (AvgIpc) is 3.23. The van der Waals surface area contributed by atoms with E-state index in [2.05, 4.69) is 26.1 Å². The van der Waals surface area contributed by atoms with Crippen LogP contribution in [0.2, 0.25) is 0 Å². The molecule has 3 aromatic rings. The normalized spacial score (nSPS) is 11.3. The SMILES string of the molecule is COc1cc(OC)cc(-c2nnc(S/C(=C\c3cc(Br)cc([N+](=O)[O-])c3O)C(=O)O)o2)c1. The molecule has 0 aliphatic carbocycles. The van der Waals surface area contributed by atoms with E-state index in [9.17, 15) is 25.1 Å². The van der Waals surface area contributed by atoms with Crippen LogP contribution in [0.15, 0.2) is 49.3 Å². The molecule has 0 saturated carbocycles. The van der Waals surface area contributed by atoms with E-state index in [1.165, 1.54) is 20.3 Å². The highest BCUT2D eigenvalue weighted by Gasteiger charge is 2.21. The fourth-order valence-electron chi connectivity index (χ4n) is 2.52. The molecule has 0 fully saturated rings. The second kappa shape index (κ2) is 9.70. The van der Waals surface area contributed by atoms with Gasteiger partial charge >= 0.3 is 11.7 Å². The number of carboxylic acids is 1. The number of carbonyl (C=O) groups is 1. The van der Waals surface area contributed by atoms with Crippen molar-refractivity contribution in [3.8, 4) is 28.7 Å². The first-order valence-corrected chi connectivity index (χ1v) is 10.2. The molecule has 13 heteroatoms. The number of nitro groups is 1. The maximum absolute atomic E-state index is 11.7. The number of nitrogens with zero attached hydrogens (tertiary/aromatic N) is 3. The predicted molar refractivity (Wildman–Crippen MR) is 117 cm³/mol. The summed E-state index contributed by atoms with van der Waals surface area (Å²) < 4.78 is 16.2. The van der Waals surface area contributed by atoms with Crippen LogP contribution in [0.1, 0.15) is 5.56 Å². The summed E-state index contributed by atoms with van der Waals surface area (Å²) in [6.45, 7) is 0. The lowest BCUT2D eigenvalue weighted by atomic mass is 10.1. The summed E-state index contributed by atoms with van der Waals surface area (Å²) >= 11 is 3.72. The van der Waals surface area contributed by atoms with E-state index in [0.29, 0.717) is 28.8 Å². The van der Waals surface area contributed by atoms with Crippen LogP contribution in [0.25, 0.3) is 17.5 Å². The molecule has 166 valence electrons. The molecule has 0 aliphatic rings. The minimum atomic E-state index is -1.36. The van der Waals surface area contributed by atoms with Crippen molar-refractivity contribution in [2.24, 2.45) is 0 Å². The number of aliphatic carboxylic acids is 1. The van der Waals surface area contributed by atoms with Crippen LogP contribution in [-0.4, -0.2) is 45.5 Å². The molecule has 32 heavy (non-hydrogen) atoms. The molecule has 0 aliphatic heterocycles. The summed E-state index contributed by atoms with van der Waals surface area (Å²) in [6.07, 6.45) is 1.07. The number of phenols is 1. The lowest BCUT2D eigenvalue weighted by Gasteiger charge is -2.05. The maximum Gasteiger partial charge on any atom is 0.342 e. The number of phenolic OH excluding ortho intramolecular Hbond substituents is 1. The molecule has 2 aromatic carbocycles. The van der Waals surface area contributed by atoms with Gasteiger partial charge < -0.3 is 24.1 Å². The van der Waals surface area contributed by atoms with E-state index < -0.39 is 22.3 Å². The molecule has 0 unspecified atom stereocenters. The Morgan fingerprint density at radius 3 is 2.41 bits per heavy atom. The van der Waals surface area contributed by atoms with Gasteiger partial charge in [0.15, 0.2) is 0 Å². The molecule has 0 amide bonds. The Kier molecular flexibility index (Phi) is 7.00. The summed E-state index contributed by atoms with van der Waals surface area (Å²) in [4.78, 5) is 21.7. The van der Waals surface area contributed by atoms with Gasteiger partial charge in [0.1, 0.15) is 16.4 Å². The minimum Gasteiger partial charge on any atom is -0.502 e. The van der Waals surface area contributed by atoms with E-state index in [1.54, 1.807) is 18.2 Å². The Balaban J connectivity index is 1.95. The summed E-state index contributed by atoms with van der Waals surface area (Å²) in [6, 6.07) is 7.37. The Labute approximate surface area is 193 Å². The highest BCUT2D eigenvalue weighted by Crippen LogP contribution is 2.37. The number of ether oxygens (including phenoxy) is 2. The smallest absolute Gasteiger partial charge is 0.342 e. The summed E-state index contributed by atoms with van der Waals surface area (Å²) in [5.41, 5.74) is -0.165. The number of nitro benzene ring substituents is 1. The van der Waals surface area contributed by atoms with Crippen molar-refractivity contribution in [1.82, 2.24) is 10.2 Å². The third-order valence-corrected chi connectivity index (χ3v) is 5.29. The Bertz CT molecular complexity index is 1210. The van der Waals surface area contributed by atoms with Crippen LogP contribution in [0, 0.1) is 10.1 Å². The van der Waals surface area contributed by atoms with Gasteiger partial charge in [-0.3, -0.25) is 10.1 Å². The van der Waals surface area contributed by atoms with Gasteiger partial charge in [-0.15, -0.1) is 10.2 Å². The van der Waals surface area contributed by atoms with Crippen molar-refractivity contribution in [1.29, 1.82) is 0 Å². The van der Waals surface area contributed by atoms with E-state index in [0.717, 1.165) is 12.1 Å². The highest BCUT2D eigenvalue weighted by molar-refractivity contribution is 9.10. The number of rotatable bonds is 8. The number of aromatic hydroxyl groups is 1. The van der Waals surface area contributed by atoms with E-state index in [4.69, 9.17) is 13.9 Å². The van der Waals surface area contributed by atoms with Crippen molar-refractivity contribution >= 4 is 45.4 Å². The van der Waals surface area contributed by atoms with Gasteiger partial charge in [-0.05, 0) is 36.0 Å². The zero-order valence-electron chi connectivity index (χ0n) is 16.4. The lowest BCUT2D eigenvalue weighted by Crippen LogP contribution is -1.97. The fourth-order valence-corrected chi connectivity index (χ4v) is 3.65. The molecule has 0 bridgehead atoms. The standard InChI is InChI=1S/C19H14BrN3O8S/c1-29-12-4-10(5-13(8-12)30-2)17-21-22-19(31-17)32-15(18(25)26)6-9-3-11(20)7-14(16(9)24)23(27)28/h3-8,24H,1-2H3,(H,25,26)/b15-6-. The Hall–Kier alpha value is -3.58. The van der Waals surface area contributed by atoms with Crippen molar-refractivity contribution in [3.63, 3.8) is 0 Å². The van der Waals surface area contributed by atoms with Gasteiger partial charge in [0.2, 0.25) is 11.6 Å². The van der Waals surface area contributed by atoms with Crippen LogP contribution in [-0.2, 0) is 4.79 Å². The van der Waals surface area contributed by atoms with Crippen LogP contribution in [0.5, 0.6) is 17.2 Å². The second-order valence-electron chi connectivity index (χ2n) is 6.01. The van der Waals surface area contributed by atoms with Crippen molar-refractivity contribution < 1.29 is 33.8 Å². The van der Waals surface area contributed by atoms with Gasteiger partial charge in [-0.1, -0.05) is 15.9 Å². The van der Waals surface area contributed by atoms with Gasteiger partial charge in [0.05, 0.1) is 19.1 Å². The first kappa shape index (κ1) is 23.1. The van der Waals surface area contributed by atoms with E-state index in [-0.39, 0.29) is 26.1 Å². The van der Waals surface area contributed by atoms with Gasteiger partial charge in [-0.25, -0.2) is 4.79 Å². The summed E-state index contributed by atoms with van der Waals surface area (Å²) in [7, 11) is 2.97. The average molecular weight is 524 g/mol. The molecule has 0 radical (unpaired) electrons. The summed E-state index contributed by atoms with van der Waals surface area (Å²) in [5, 5.41) is 38.4. The summed E-state index contributed by atoms with van der Waals surface area (Å²) in [5.74, 6) is -0.961. The third-order valence-electron chi connectivity index (χ3n) is 3.98. The zero-order valence-corrected chi connectivity index (χ0v) is 18.8. The van der Waals surface area contributed by atoms with E-state index in [1.807, 2.05) is 0 Å². The number of hydrogen-bond acceptors (Lipinski definition) is 10. The van der Waals surface area contributed by atoms with Crippen LogP contribution >= 0.6 is 27.7 Å². The third kappa shape index (κ3) is 5.18. The molecule has 0 atom stereocenters. The number of carboxylic acid groups (broad SMARTS) is 1. The molecule has 0 saturated heterocycles. The molecule has 2 N–H and O–H groups in total. The number of aromatic nitrogens is 2. The van der Waals surface area contributed by atoms with Gasteiger partial charge in [0.25, 0.3) is 5.22 Å². The maximum atomic E-state index is 11.7. The van der Waals surface area contributed by atoms with Crippen LogP contribution in [0.3, 0.4) is 0 Å². The quantitative estimate of drug-likeness (QED) is 0.187. The Morgan fingerprint density at radius 1 is 1.19 bits per heavy atom. The first-order chi connectivity index (χ1) is 15.2. The second-order valence-corrected chi connectivity index (χ2v) is 7.92. The highest BCUT2D eigenvalue weighted by atomic mass is 79.9. The molecule has 1 heterocycles. The van der Waals surface area contributed by atoms with Crippen molar-refractivity contribution in [2.75, 3.05) is 14.2 Å². The molecular formula is C19H14BrN3O8S. The lowest BCUT2D eigenvalue weighted by molar-refractivity contribution is -0.385. The number of thioether (sulfide) groups is 1. The van der Waals surface area contributed by atoms with Gasteiger partial charge in [0, 0.05) is 27.7 Å². The zero-order chi connectivity index (χ0) is 23.4. The molecule has 1 aromatic heterocycles.